The first-order valence-corrected chi connectivity index (χ1v) is 7.14. The number of hydrogen-bond acceptors (Lipinski definition) is 3. The van der Waals surface area contributed by atoms with Crippen molar-refractivity contribution in [2.45, 2.75) is 32.9 Å². The van der Waals surface area contributed by atoms with Gasteiger partial charge in [-0.1, -0.05) is 6.07 Å². The van der Waals surface area contributed by atoms with Crippen LogP contribution in [0.15, 0.2) is 23.0 Å². The van der Waals surface area contributed by atoms with E-state index in [9.17, 15) is 4.79 Å². The SMILES string of the molecule is Cc1cc(C)c2[nH]c(CN3CC[C@@H](N)C3)cc(=O)c2c1. The zero-order valence-corrected chi connectivity index (χ0v) is 12.1. The van der Waals surface area contributed by atoms with Gasteiger partial charge in [0.15, 0.2) is 5.43 Å². The van der Waals surface area contributed by atoms with Crippen LogP contribution in [-0.2, 0) is 6.54 Å². The van der Waals surface area contributed by atoms with Crippen molar-refractivity contribution in [2.75, 3.05) is 13.1 Å². The van der Waals surface area contributed by atoms with Gasteiger partial charge in [-0.25, -0.2) is 0 Å². The Labute approximate surface area is 118 Å². The Morgan fingerprint density at radius 1 is 1.35 bits per heavy atom. The second-order valence-corrected chi connectivity index (χ2v) is 5.95. The fraction of sp³-hybridized carbons (Fsp3) is 0.438. The van der Waals surface area contributed by atoms with Gasteiger partial charge in [0.05, 0.1) is 5.52 Å². The number of aromatic nitrogens is 1. The van der Waals surface area contributed by atoms with E-state index in [0.717, 1.165) is 53.8 Å². The largest absolute Gasteiger partial charge is 0.357 e. The first kappa shape index (κ1) is 13.3. The normalized spacial score (nSPS) is 19.9. The molecule has 1 saturated heterocycles. The van der Waals surface area contributed by atoms with E-state index in [0.29, 0.717) is 0 Å². The summed E-state index contributed by atoms with van der Waals surface area (Å²) in [6.45, 7) is 6.75. The van der Waals surface area contributed by atoms with E-state index in [1.165, 1.54) is 0 Å². The average molecular weight is 271 g/mol. The third-order valence-electron chi connectivity index (χ3n) is 4.04. The van der Waals surface area contributed by atoms with Crippen molar-refractivity contribution in [3.63, 3.8) is 0 Å². The fourth-order valence-corrected chi connectivity index (χ4v) is 3.09. The van der Waals surface area contributed by atoms with Gasteiger partial charge in [-0.3, -0.25) is 9.69 Å². The summed E-state index contributed by atoms with van der Waals surface area (Å²) in [6.07, 6.45) is 1.04. The highest BCUT2D eigenvalue weighted by molar-refractivity contribution is 5.82. The van der Waals surface area contributed by atoms with Crippen LogP contribution >= 0.6 is 0 Å². The molecule has 2 heterocycles. The number of H-pyrrole nitrogens is 1. The Morgan fingerprint density at radius 3 is 2.85 bits per heavy atom. The lowest BCUT2D eigenvalue weighted by Crippen LogP contribution is -2.27. The summed E-state index contributed by atoms with van der Waals surface area (Å²) in [5, 5.41) is 0.782. The highest BCUT2D eigenvalue weighted by atomic mass is 16.1. The number of likely N-dealkylation sites (tertiary alicyclic amines) is 1. The third-order valence-corrected chi connectivity index (χ3v) is 4.04. The summed E-state index contributed by atoms with van der Waals surface area (Å²) in [6, 6.07) is 6.06. The molecule has 106 valence electrons. The molecule has 1 atom stereocenters. The van der Waals surface area contributed by atoms with Crippen LogP contribution in [0.3, 0.4) is 0 Å². The molecule has 1 fully saturated rings. The predicted octanol–water partition coefficient (Wildman–Crippen LogP) is 1.68. The van der Waals surface area contributed by atoms with Crippen LogP contribution in [0.1, 0.15) is 23.2 Å². The Balaban J connectivity index is 1.99. The van der Waals surface area contributed by atoms with E-state index < -0.39 is 0 Å². The molecule has 0 unspecified atom stereocenters. The molecule has 1 aliphatic heterocycles. The molecule has 0 spiro atoms. The van der Waals surface area contributed by atoms with Gasteiger partial charge >= 0.3 is 0 Å². The molecule has 1 aromatic carbocycles. The van der Waals surface area contributed by atoms with Gasteiger partial charge < -0.3 is 10.7 Å². The highest BCUT2D eigenvalue weighted by Gasteiger charge is 2.19. The van der Waals surface area contributed by atoms with Crippen molar-refractivity contribution in [1.82, 2.24) is 9.88 Å². The Morgan fingerprint density at radius 2 is 2.15 bits per heavy atom. The van der Waals surface area contributed by atoms with E-state index >= 15 is 0 Å². The van der Waals surface area contributed by atoms with Gasteiger partial charge in [0.25, 0.3) is 0 Å². The molecular formula is C16H21N3O. The molecule has 1 aliphatic rings. The number of nitrogens with two attached hydrogens (primary N) is 1. The number of fused-ring (bicyclic) bond motifs is 1. The quantitative estimate of drug-likeness (QED) is 0.873. The number of hydrogen-bond donors (Lipinski definition) is 2. The van der Waals surface area contributed by atoms with Crippen molar-refractivity contribution in [1.29, 1.82) is 0 Å². The molecule has 3 rings (SSSR count). The lowest BCUT2D eigenvalue weighted by Gasteiger charge is -2.16. The maximum Gasteiger partial charge on any atom is 0.189 e. The lowest BCUT2D eigenvalue weighted by molar-refractivity contribution is 0.323. The summed E-state index contributed by atoms with van der Waals surface area (Å²) in [5.41, 5.74) is 10.2. The fourth-order valence-electron chi connectivity index (χ4n) is 3.09. The molecule has 3 N–H and O–H groups in total. The van der Waals surface area contributed by atoms with Gasteiger partial charge in [-0.05, 0) is 37.5 Å². The summed E-state index contributed by atoms with van der Waals surface area (Å²) in [7, 11) is 0. The second kappa shape index (κ2) is 5.04. The zero-order valence-electron chi connectivity index (χ0n) is 12.1. The van der Waals surface area contributed by atoms with Crippen LogP contribution in [0.4, 0.5) is 0 Å². The molecule has 0 saturated carbocycles. The summed E-state index contributed by atoms with van der Waals surface area (Å²) in [4.78, 5) is 18.0. The number of rotatable bonds is 2. The summed E-state index contributed by atoms with van der Waals surface area (Å²) >= 11 is 0. The molecule has 0 radical (unpaired) electrons. The molecule has 0 amide bonds. The minimum atomic E-state index is 0.101. The van der Waals surface area contributed by atoms with Gasteiger partial charge in [0, 0.05) is 42.8 Å². The average Bonchev–Trinajstić information content (AvgIpc) is 2.76. The van der Waals surface area contributed by atoms with Gasteiger partial charge in [-0.15, -0.1) is 0 Å². The van der Waals surface area contributed by atoms with E-state index in [1.54, 1.807) is 6.07 Å². The van der Waals surface area contributed by atoms with E-state index in [1.807, 2.05) is 19.9 Å². The highest BCUT2D eigenvalue weighted by Crippen LogP contribution is 2.17. The second-order valence-electron chi connectivity index (χ2n) is 5.95. The van der Waals surface area contributed by atoms with Crippen molar-refractivity contribution < 1.29 is 0 Å². The molecule has 0 aliphatic carbocycles. The third kappa shape index (κ3) is 2.49. The summed E-state index contributed by atoms with van der Waals surface area (Å²) in [5.74, 6) is 0. The molecule has 0 bridgehead atoms. The van der Waals surface area contributed by atoms with E-state index in [2.05, 4.69) is 16.0 Å². The van der Waals surface area contributed by atoms with Crippen LogP contribution in [-0.4, -0.2) is 29.0 Å². The van der Waals surface area contributed by atoms with Crippen molar-refractivity contribution in [3.05, 3.63) is 45.2 Å². The van der Waals surface area contributed by atoms with Crippen LogP contribution in [0.5, 0.6) is 0 Å². The van der Waals surface area contributed by atoms with Gasteiger partial charge in [0.1, 0.15) is 0 Å². The number of aryl methyl sites for hydroxylation is 2. The molecular weight excluding hydrogens is 250 g/mol. The minimum Gasteiger partial charge on any atom is -0.357 e. The monoisotopic (exact) mass is 271 g/mol. The molecule has 1 aromatic heterocycles. The van der Waals surface area contributed by atoms with Gasteiger partial charge in [0.2, 0.25) is 0 Å². The van der Waals surface area contributed by atoms with Crippen LogP contribution < -0.4 is 11.2 Å². The van der Waals surface area contributed by atoms with Crippen LogP contribution in [0.25, 0.3) is 10.9 Å². The molecule has 20 heavy (non-hydrogen) atoms. The number of nitrogens with one attached hydrogen (secondary N) is 1. The number of pyridine rings is 1. The van der Waals surface area contributed by atoms with E-state index in [4.69, 9.17) is 5.73 Å². The predicted molar refractivity (Wildman–Crippen MR) is 81.9 cm³/mol. The summed E-state index contributed by atoms with van der Waals surface area (Å²) < 4.78 is 0. The molecule has 4 heteroatoms. The van der Waals surface area contributed by atoms with E-state index in [-0.39, 0.29) is 11.5 Å². The Hall–Kier alpha value is -1.65. The van der Waals surface area contributed by atoms with Crippen molar-refractivity contribution in [3.8, 4) is 0 Å². The van der Waals surface area contributed by atoms with Crippen molar-refractivity contribution >= 4 is 10.9 Å². The number of nitrogens with zero attached hydrogens (tertiary/aromatic N) is 1. The Bertz CT molecular complexity index is 705. The van der Waals surface area contributed by atoms with Crippen LogP contribution in [0, 0.1) is 13.8 Å². The van der Waals surface area contributed by atoms with Crippen molar-refractivity contribution in [2.24, 2.45) is 5.73 Å². The van der Waals surface area contributed by atoms with Gasteiger partial charge in [-0.2, -0.15) is 0 Å². The smallest absolute Gasteiger partial charge is 0.189 e. The first-order valence-electron chi connectivity index (χ1n) is 7.14. The number of benzene rings is 1. The first-order chi connectivity index (χ1) is 9.52. The van der Waals surface area contributed by atoms with Crippen LogP contribution in [0.2, 0.25) is 0 Å². The maximum atomic E-state index is 12.3. The maximum absolute atomic E-state index is 12.3. The number of aromatic amines is 1. The standard InChI is InChI=1S/C16H21N3O/c1-10-5-11(2)16-14(6-10)15(20)7-13(18-16)9-19-4-3-12(17)8-19/h5-7,12H,3-4,8-9,17H2,1-2H3,(H,18,20)/t12-/m1/s1. The molecule has 4 nitrogen and oxygen atoms in total. The zero-order chi connectivity index (χ0) is 14.3. The Kier molecular flexibility index (Phi) is 3.36. The topological polar surface area (TPSA) is 62.1 Å². The minimum absolute atomic E-state index is 0.101. The molecule has 2 aromatic rings. The lowest BCUT2D eigenvalue weighted by atomic mass is 10.1.